The van der Waals surface area contributed by atoms with Gasteiger partial charge < -0.3 is 11.1 Å². The van der Waals surface area contributed by atoms with E-state index in [2.05, 4.69) is 24.1 Å². The van der Waals surface area contributed by atoms with Gasteiger partial charge in [0.2, 0.25) is 5.91 Å². The van der Waals surface area contributed by atoms with Crippen LogP contribution in [0, 0.1) is 0 Å². The summed E-state index contributed by atoms with van der Waals surface area (Å²) in [7, 11) is 0. The molecule has 0 aromatic carbocycles. The fourth-order valence-electron chi connectivity index (χ4n) is 2.19. The summed E-state index contributed by atoms with van der Waals surface area (Å²) in [6, 6.07) is 0.693. The lowest BCUT2D eigenvalue weighted by Crippen LogP contribution is -2.44. The number of nitrogens with one attached hydrogen (secondary N) is 1. The van der Waals surface area contributed by atoms with E-state index in [9.17, 15) is 4.79 Å². The highest BCUT2D eigenvalue weighted by Crippen LogP contribution is 2.16. The van der Waals surface area contributed by atoms with E-state index in [0.29, 0.717) is 18.6 Å². The van der Waals surface area contributed by atoms with Crippen LogP contribution in [0.2, 0.25) is 0 Å². The minimum atomic E-state index is 0. The lowest BCUT2D eigenvalue weighted by molar-refractivity contribution is -0.123. The zero-order valence-corrected chi connectivity index (χ0v) is 13.0. The molecule has 0 bridgehead atoms. The Kier molecular flexibility index (Phi) is 12.2. The summed E-state index contributed by atoms with van der Waals surface area (Å²) in [6.45, 7) is 6.54. The van der Waals surface area contributed by atoms with E-state index in [1.54, 1.807) is 0 Å². The highest BCUT2D eigenvalue weighted by Gasteiger charge is 2.20. The number of carbonyl (C=O) groups excluding carboxylic acids is 1. The Bertz CT molecular complexity index is 217. The number of carbonyl (C=O) groups is 1. The van der Waals surface area contributed by atoms with Crippen LogP contribution in [0.1, 0.15) is 39.5 Å². The standard InChI is InChI=1S/C12H25N3O.2ClH/c1-3-15(4-2)9-12(16)14-11-7-5-10(13)6-8-11;;/h10-11H,3-9,13H2,1-2H3,(H,14,16);2*1H. The SMILES string of the molecule is CCN(CC)CC(=O)NC1CCC(N)CC1.Cl.Cl. The molecule has 110 valence electrons. The first-order valence-corrected chi connectivity index (χ1v) is 6.43. The lowest BCUT2D eigenvalue weighted by Gasteiger charge is -2.27. The Morgan fingerprint density at radius 1 is 1.17 bits per heavy atom. The third kappa shape index (κ3) is 7.41. The van der Waals surface area contributed by atoms with Gasteiger partial charge in [0.25, 0.3) is 0 Å². The maximum atomic E-state index is 11.7. The number of amides is 1. The molecule has 1 saturated carbocycles. The molecule has 1 amide bonds. The first-order valence-electron chi connectivity index (χ1n) is 6.43. The molecule has 1 aliphatic rings. The average molecular weight is 300 g/mol. The van der Waals surface area contributed by atoms with Gasteiger partial charge in [0.15, 0.2) is 0 Å². The van der Waals surface area contributed by atoms with E-state index in [4.69, 9.17) is 5.73 Å². The molecule has 0 aromatic rings. The predicted molar refractivity (Wildman–Crippen MR) is 80.7 cm³/mol. The molecule has 6 heteroatoms. The Morgan fingerprint density at radius 2 is 1.67 bits per heavy atom. The van der Waals surface area contributed by atoms with E-state index >= 15 is 0 Å². The van der Waals surface area contributed by atoms with Crippen LogP contribution in [0.25, 0.3) is 0 Å². The van der Waals surface area contributed by atoms with Crippen molar-refractivity contribution in [1.29, 1.82) is 0 Å². The molecule has 0 aromatic heterocycles. The van der Waals surface area contributed by atoms with Crippen LogP contribution in [-0.2, 0) is 4.79 Å². The van der Waals surface area contributed by atoms with Gasteiger partial charge in [-0.05, 0) is 38.8 Å². The van der Waals surface area contributed by atoms with Crippen LogP contribution in [0.4, 0.5) is 0 Å². The van der Waals surface area contributed by atoms with E-state index in [1.807, 2.05) is 0 Å². The van der Waals surface area contributed by atoms with Gasteiger partial charge in [-0.3, -0.25) is 9.69 Å². The molecule has 0 aliphatic heterocycles. The first kappa shape index (κ1) is 20.3. The van der Waals surface area contributed by atoms with Crippen LogP contribution in [0.5, 0.6) is 0 Å². The Balaban J connectivity index is 0. The number of hydrogen-bond donors (Lipinski definition) is 2. The van der Waals surface area contributed by atoms with Crippen molar-refractivity contribution in [2.75, 3.05) is 19.6 Å². The molecule has 4 nitrogen and oxygen atoms in total. The molecule has 0 atom stereocenters. The van der Waals surface area contributed by atoms with Crippen molar-refractivity contribution in [1.82, 2.24) is 10.2 Å². The summed E-state index contributed by atoms with van der Waals surface area (Å²) in [5.74, 6) is 0.157. The number of nitrogens with zero attached hydrogens (tertiary/aromatic N) is 1. The van der Waals surface area contributed by atoms with Crippen molar-refractivity contribution in [3.05, 3.63) is 0 Å². The fourth-order valence-corrected chi connectivity index (χ4v) is 2.19. The van der Waals surface area contributed by atoms with Crippen molar-refractivity contribution >= 4 is 30.7 Å². The highest BCUT2D eigenvalue weighted by atomic mass is 35.5. The minimum Gasteiger partial charge on any atom is -0.352 e. The average Bonchev–Trinajstić information content (AvgIpc) is 2.29. The second-order valence-corrected chi connectivity index (χ2v) is 4.64. The maximum Gasteiger partial charge on any atom is 0.234 e. The molecule has 0 heterocycles. The third-order valence-electron chi connectivity index (χ3n) is 3.40. The Morgan fingerprint density at radius 3 is 2.11 bits per heavy atom. The van der Waals surface area contributed by atoms with Crippen molar-refractivity contribution in [3.8, 4) is 0 Å². The van der Waals surface area contributed by atoms with Gasteiger partial charge in [-0.2, -0.15) is 0 Å². The molecule has 0 unspecified atom stereocenters. The van der Waals surface area contributed by atoms with Crippen molar-refractivity contribution < 1.29 is 4.79 Å². The third-order valence-corrected chi connectivity index (χ3v) is 3.40. The fraction of sp³-hybridized carbons (Fsp3) is 0.917. The summed E-state index contributed by atoms with van der Waals surface area (Å²) in [5.41, 5.74) is 5.83. The topological polar surface area (TPSA) is 58.4 Å². The summed E-state index contributed by atoms with van der Waals surface area (Å²) in [4.78, 5) is 13.9. The van der Waals surface area contributed by atoms with Crippen molar-refractivity contribution in [2.24, 2.45) is 5.73 Å². The molecule has 3 N–H and O–H groups in total. The summed E-state index contributed by atoms with van der Waals surface area (Å²) in [6.07, 6.45) is 4.14. The molecule has 0 radical (unpaired) electrons. The normalized spacial score (nSPS) is 22.9. The molecule has 1 rings (SSSR count). The van der Waals surface area contributed by atoms with E-state index in [-0.39, 0.29) is 30.7 Å². The van der Waals surface area contributed by atoms with Gasteiger partial charge in [-0.25, -0.2) is 0 Å². The van der Waals surface area contributed by atoms with Crippen LogP contribution in [0.15, 0.2) is 0 Å². The number of nitrogens with two attached hydrogens (primary N) is 1. The summed E-state index contributed by atoms with van der Waals surface area (Å²) in [5, 5.41) is 3.10. The van der Waals surface area contributed by atoms with Crippen LogP contribution in [0.3, 0.4) is 0 Å². The van der Waals surface area contributed by atoms with Crippen LogP contribution in [-0.4, -0.2) is 42.5 Å². The zero-order valence-electron chi connectivity index (χ0n) is 11.4. The molecular weight excluding hydrogens is 273 g/mol. The van der Waals surface area contributed by atoms with Gasteiger partial charge in [0, 0.05) is 12.1 Å². The first-order chi connectivity index (χ1) is 7.65. The molecule has 1 fully saturated rings. The Hall–Kier alpha value is -0.0300. The number of rotatable bonds is 5. The van der Waals surface area contributed by atoms with Gasteiger partial charge in [0.1, 0.15) is 0 Å². The second kappa shape index (κ2) is 10.9. The monoisotopic (exact) mass is 299 g/mol. The largest absolute Gasteiger partial charge is 0.352 e. The van der Waals surface area contributed by atoms with Crippen molar-refractivity contribution in [2.45, 2.75) is 51.6 Å². The molecule has 1 aliphatic carbocycles. The van der Waals surface area contributed by atoms with E-state index < -0.39 is 0 Å². The minimum absolute atomic E-state index is 0. The zero-order chi connectivity index (χ0) is 12.0. The number of hydrogen-bond acceptors (Lipinski definition) is 3. The second-order valence-electron chi connectivity index (χ2n) is 4.64. The molecular formula is C12H27Cl2N3O. The molecule has 0 saturated heterocycles. The lowest BCUT2D eigenvalue weighted by atomic mass is 9.92. The number of likely N-dealkylation sites (N-methyl/N-ethyl adjacent to an activating group) is 1. The van der Waals surface area contributed by atoms with E-state index in [1.165, 1.54) is 0 Å². The van der Waals surface area contributed by atoms with Gasteiger partial charge in [-0.15, -0.1) is 24.8 Å². The molecule has 0 spiro atoms. The summed E-state index contributed by atoms with van der Waals surface area (Å²) < 4.78 is 0. The van der Waals surface area contributed by atoms with Gasteiger partial charge in [0.05, 0.1) is 6.54 Å². The smallest absolute Gasteiger partial charge is 0.234 e. The Labute approximate surface area is 123 Å². The van der Waals surface area contributed by atoms with E-state index in [0.717, 1.165) is 38.8 Å². The predicted octanol–water partition coefficient (Wildman–Crippen LogP) is 1.56. The van der Waals surface area contributed by atoms with Crippen LogP contribution < -0.4 is 11.1 Å². The van der Waals surface area contributed by atoms with Gasteiger partial charge >= 0.3 is 0 Å². The quantitative estimate of drug-likeness (QED) is 0.810. The van der Waals surface area contributed by atoms with Crippen LogP contribution >= 0.6 is 24.8 Å². The highest BCUT2D eigenvalue weighted by molar-refractivity contribution is 5.85. The number of halogens is 2. The summed E-state index contributed by atoms with van der Waals surface area (Å²) >= 11 is 0. The molecule has 18 heavy (non-hydrogen) atoms. The maximum absolute atomic E-state index is 11.7. The van der Waals surface area contributed by atoms with Crippen molar-refractivity contribution in [3.63, 3.8) is 0 Å². The van der Waals surface area contributed by atoms with Gasteiger partial charge in [-0.1, -0.05) is 13.8 Å².